The van der Waals surface area contributed by atoms with Gasteiger partial charge in [0.2, 0.25) is 0 Å². The summed E-state index contributed by atoms with van der Waals surface area (Å²) >= 11 is 0. The molecule has 0 spiro atoms. The Morgan fingerprint density at radius 1 is 0.900 bits per heavy atom. The molecule has 3 aliphatic carbocycles. The maximum Gasteiger partial charge on any atom is 0.00380 e. The van der Waals surface area contributed by atoms with Gasteiger partial charge in [-0.2, -0.15) is 0 Å². The molecule has 116 valence electrons. The first-order valence-electron chi connectivity index (χ1n) is 9.29. The molecule has 1 heteroatoms. The van der Waals surface area contributed by atoms with Crippen LogP contribution in [0.4, 0.5) is 0 Å². The van der Waals surface area contributed by atoms with Gasteiger partial charge in [-0.1, -0.05) is 27.2 Å². The van der Waals surface area contributed by atoms with E-state index in [0.717, 1.165) is 22.7 Å². The Labute approximate surface area is 126 Å². The molecule has 20 heavy (non-hydrogen) atoms. The lowest BCUT2D eigenvalue weighted by molar-refractivity contribution is -0.0375. The Morgan fingerprint density at radius 3 is 1.85 bits per heavy atom. The van der Waals surface area contributed by atoms with Crippen LogP contribution >= 0.6 is 0 Å². The Morgan fingerprint density at radius 2 is 1.40 bits per heavy atom. The monoisotopic (exact) mass is 277 g/mol. The Balaban J connectivity index is 1.52. The van der Waals surface area contributed by atoms with E-state index in [0.29, 0.717) is 0 Å². The van der Waals surface area contributed by atoms with Crippen LogP contribution in [0, 0.1) is 22.7 Å². The number of likely N-dealkylation sites (tertiary alicyclic amines) is 1. The SMILES string of the molecule is CCC12CCC(CN3CCC(C(C)C)CC3)(CC1)CC2. The van der Waals surface area contributed by atoms with Crippen molar-refractivity contribution in [2.45, 2.75) is 78.6 Å². The molecule has 0 radical (unpaired) electrons. The third-order valence-corrected chi connectivity index (χ3v) is 7.44. The van der Waals surface area contributed by atoms with Gasteiger partial charge in [0.25, 0.3) is 0 Å². The van der Waals surface area contributed by atoms with Crippen molar-refractivity contribution in [1.82, 2.24) is 4.90 Å². The normalized spacial score (nSPS) is 39.6. The second-order valence-corrected chi connectivity index (χ2v) is 8.71. The van der Waals surface area contributed by atoms with Crippen LogP contribution in [0.15, 0.2) is 0 Å². The number of fused-ring (bicyclic) bond motifs is 3. The number of piperidine rings is 1. The molecule has 4 rings (SSSR count). The molecule has 1 nitrogen and oxygen atoms in total. The lowest BCUT2D eigenvalue weighted by atomic mass is 9.53. The maximum atomic E-state index is 2.82. The molecule has 4 aliphatic rings. The molecule has 1 saturated heterocycles. The van der Waals surface area contributed by atoms with Gasteiger partial charge >= 0.3 is 0 Å². The number of nitrogens with zero attached hydrogens (tertiary/aromatic N) is 1. The van der Waals surface area contributed by atoms with Gasteiger partial charge in [0, 0.05) is 6.54 Å². The van der Waals surface area contributed by atoms with E-state index in [4.69, 9.17) is 0 Å². The van der Waals surface area contributed by atoms with E-state index in [1.54, 1.807) is 0 Å². The summed E-state index contributed by atoms with van der Waals surface area (Å²) < 4.78 is 0. The van der Waals surface area contributed by atoms with E-state index in [1.165, 1.54) is 77.4 Å². The first-order chi connectivity index (χ1) is 9.56. The zero-order valence-electron chi connectivity index (χ0n) is 14.1. The van der Waals surface area contributed by atoms with E-state index in [2.05, 4.69) is 25.7 Å². The van der Waals surface area contributed by atoms with Crippen molar-refractivity contribution in [3.05, 3.63) is 0 Å². The smallest absolute Gasteiger partial charge is 0.00380 e. The van der Waals surface area contributed by atoms with Crippen molar-refractivity contribution in [2.24, 2.45) is 22.7 Å². The second kappa shape index (κ2) is 5.63. The molecule has 0 aromatic heterocycles. The zero-order valence-corrected chi connectivity index (χ0v) is 14.1. The van der Waals surface area contributed by atoms with E-state index in [-0.39, 0.29) is 0 Å². The molecule has 1 heterocycles. The second-order valence-electron chi connectivity index (χ2n) is 8.71. The summed E-state index contributed by atoms with van der Waals surface area (Å²) in [7, 11) is 0. The lowest BCUT2D eigenvalue weighted by Gasteiger charge is -2.55. The first-order valence-corrected chi connectivity index (χ1v) is 9.29. The van der Waals surface area contributed by atoms with E-state index < -0.39 is 0 Å². The minimum absolute atomic E-state index is 0.724. The fraction of sp³-hybridized carbons (Fsp3) is 1.00. The minimum Gasteiger partial charge on any atom is -0.303 e. The summed E-state index contributed by atoms with van der Waals surface area (Å²) in [4.78, 5) is 2.82. The molecule has 0 atom stereocenters. The van der Waals surface area contributed by atoms with Gasteiger partial charge in [0.15, 0.2) is 0 Å². The highest BCUT2D eigenvalue weighted by atomic mass is 15.1. The molecule has 0 aromatic rings. The van der Waals surface area contributed by atoms with Crippen LogP contribution in [0.2, 0.25) is 0 Å². The van der Waals surface area contributed by atoms with Crippen molar-refractivity contribution < 1.29 is 0 Å². The standard InChI is InChI=1S/C19H35N/c1-4-18-7-10-19(11-8-18,12-9-18)15-20-13-5-17(6-14-20)16(2)3/h16-17H,4-15H2,1-3H3. The van der Waals surface area contributed by atoms with Gasteiger partial charge < -0.3 is 4.90 Å². The molecule has 0 N–H and O–H groups in total. The van der Waals surface area contributed by atoms with E-state index >= 15 is 0 Å². The maximum absolute atomic E-state index is 2.82. The van der Waals surface area contributed by atoms with Crippen LogP contribution in [0.3, 0.4) is 0 Å². The van der Waals surface area contributed by atoms with Crippen molar-refractivity contribution in [1.29, 1.82) is 0 Å². The molecule has 0 aromatic carbocycles. The van der Waals surface area contributed by atoms with Crippen molar-refractivity contribution >= 4 is 0 Å². The molecular weight excluding hydrogens is 242 g/mol. The third kappa shape index (κ3) is 2.80. The Hall–Kier alpha value is -0.0400. The average Bonchev–Trinajstić information content (AvgIpc) is 2.49. The van der Waals surface area contributed by atoms with Crippen molar-refractivity contribution in [3.8, 4) is 0 Å². The average molecular weight is 277 g/mol. The fourth-order valence-electron chi connectivity index (χ4n) is 5.36. The van der Waals surface area contributed by atoms with Crippen LogP contribution < -0.4 is 0 Å². The van der Waals surface area contributed by atoms with Gasteiger partial charge in [0.1, 0.15) is 0 Å². The highest BCUT2D eigenvalue weighted by Gasteiger charge is 2.48. The summed E-state index contributed by atoms with van der Waals surface area (Å²) in [6, 6.07) is 0. The largest absolute Gasteiger partial charge is 0.303 e. The van der Waals surface area contributed by atoms with Crippen molar-refractivity contribution in [2.75, 3.05) is 19.6 Å². The molecule has 4 fully saturated rings. The Bertz CT molecular complexity index is 300. The summed E-state index contributed by atoms with van der Waals surface area (Å²) in [5.41, 5.74) is 1.49. The van der Waals surface area contributed by atoms with Gasteiger partial charge in [-0.05, 0) is 87.1 Å². The first kappa shape index (κ1) is 14.9. The minimum atomic E-state index is 0.724. The van der Waals surface area contributed by atoms with E-state index in [9.17, 15) is 0 Å². The molecule has 0 amide bonds. The molecule has 1 aliphatic heterocycles. The van der Waals surface area contributed by atoms with Crippen LogP contribution in [-0.4, -0.2) is 24.5 Å². The van der Waals surface area contributed by atoms with Crippen molar-refractivity contribution in [3.63, 3.8) is 0 Å². The Kier molecular flexibility index (Phi) is 4.19. The number of hydrogen-bond acceptors (Lipinski definition) is 1. The van der Waals surface area contributed by atoms with Gasteiger partial charge in [0.05, 0.1) is 0 Å². The van der Waals surface area contributed by atoms with Gasteiger partial charge in [-0.25, -0.2) is 0 Å². The highest BCUT2D eigenvalue weighted by Crippen LogP contribution is 2.58. The summed E-state index contributed by atoms with van der Waals surface area (Å²) in [6.07, 6.45) is 13.5. The number of hydrogen-bond donors (Lipinski definition) is 0. The summed E-state index contributed by atoms with van der Waals surface area (Å²) in [5, 5.41) is 0. The quantitative estimate of drug-likeness (QED) is 0.690. The van der Waals surface area contributed by atoms with Crippen LogP contribution in [0.5, 0.6) is 0 Å². The van der Waals surface area contributed by atoms with Crippen LogP contribution in [-0.2, 0) is 0 Å². The highest BCUT2D eigenvalue weighted by molar-refractivity contribution is 5.00. The zero-order chi connectivity index (χ0) is 14.2. The van der Waals surface area contributed by atoms with Crippen LogP contribution in [0.25, 0.3) is 0 Å². The van der Waals surface area contributed by atoms with E-state index in [1.807, 2.05) is 0 Å². The van der Waals surface area contributed by atoms with Crippen LogP contribution in [0.1, 0.15) is 78.6 Å². The number of rotatable bonds is 4. The summed E-state index contributed by atoms with van der Waals surface area (Å²) in [6.45, 7) is 11.4. The molecule has 3 saturated carbocycles. The predicted molar refractivity (Wildman–Crippen MR) is 86.9 cm³/mol. The predicted octanol–water partition coefficient (Wildman–Crippen LogP) is 5.11. The van der Waals surface area contributed by atoms with Gasteiger partial charge in [-0.3, -0.25) is 0 Å². The fourth-order valence-corrected chi connectivity index (χ4v) is 5.36. The summed E-state index contributed by atoms with van der Waals surface area (Å²) in [5.74, 6) is 1.89. The lowest BCUT2D eigenvalue weighted by Crippen LogP contribution is -2.49. The molecular formula is C19H35N. The molecule has 0 unspecified atom stereocenters. The van der Waals surface area contributed by atoms with Gasteiger partial charge in [-0.15, -0.1) is 0 Å². The topological polar surface area (TPSA) is 3.24 Å². The third-order valence-electron chi connectivity index (χ3n) is 7.44. The molecule has 2 bridgehead atoms.